The van der Waals surface area contributed by atoms with Crippen molar-refractivity contribution in [1.29, 1.82) is 0 Å². The summed E-state index contributed by atoms with van der Waals surface area (Å²) in [7, 11) is 3.46. The maximum Gasteiger partial charge on any atom is 0.237 e. The zero-order valence-electron chi connectivity index (χ0n) is 11.5. The number of rotatable bonds is 7. The van der Waals surface area contributed by atoms with Crippen molar-refractivity contribution in [1.82, 2.24) is 15.5 Å². The molecule has 1 aliphatic heterocycles. The lowest BCUT2D eigenvalue weighted by Gasteiger charge is -2.31. The number of carbonyl (C=O) groups is 1. The molecule has 1 aliphatic rings. The Morgan fingerprint density at radius 1 is 1.67 bits per heavy atom. The monoisotopic (exact) mass is 259 g/mol. The third-order valence-corrected chi connectivity index (χ3v) is 3.41. The molecule has 2 unspecified atom stereocenters. The van der Waals surface area contributed by atoms with Gasteiger partial charge in [-0.1, -0.05) is 0 Å². The lowest BCUT2D eigenvalue weighted by atomic mass is 10.0. The maximum absolute atomic E-state index is 11.8. The first-order valence-corrected chi connectivity index (χ1v) is 6.38. The van der Waals surface area contributed by atoms with E-state index in [1.807, 2.05) is 18.9 Å². The minimum atomic E-state index is -0.712. The number of nitrogens with zero attached hydrogens (tertiary/aromatic N) is 1. The van der Waals surface area contributed by atoms with E-state index in [0.29, 0.717) is 26.2 Å². The molecule has 18 heavy (non-hydrogen) atoms. The largest absolute Gasteiger partial charge is 0.387 e. The Morgan fingerprint density at radius 2 is 2.39 bits per heavy atom. The zero-order valence-corrected chi connectivity index (χ0v) is 11.5. The van der Waals surface area contributed by atoms with Gasteiger partial charge in [0.2, 0.25) is 5.91 Å². The first-order chi connectivity index (χ1) is 8.48. The van der Waals surface area contributed by atoms with Crippen molar-refractivity contribution in [2.24, 2.45) is 0 Å². The van der Waals surface area contributed by atoms with E-state index >= 15 is 0 Å². The molecule has 0 saturated carbocycles. The van der Waals surface area contributed by atoms with Crippen molar-refractivity contribution in [2.45, 2.75) is 25.0 Å². The number of methoxy groups -OCH3 is 1. The quantitative estimate of drug-likeness (QED) is 0.501. The zero-order chi connectivity index (χ0) is 13.6. The van der Waals surface area contributed by atoms with Crippen molar-refractivity contribution in [3.05, 3.63) is 0 Å². The molecule has 0 aromatic carbocycles. The van der Waals surface area contributed by atoms with Crippen molar-refractivity contribution < 1.29 is 14.6 Å². The smallest absolute Gasteiger partial charge is 0.237 e. The van der Waals surface area contributed by atoms with Crippen molar-refractivity contribution in [3.63, 3.8) is 0 Å². The first-order valence-electron chi connectivity index (χ1n) is 6.38. The highest BCUT2D eigenvalue weighted by Gasteiger charge is 2.34. The molecule has 1 saturated heterocycles. The van der Waals surface area contributed by atoms with Crippen molar-refractivity contribution in [2.75, 3.05) is 46.9 Å². The summed E-state index contributed by atoms with van der Waals surface area (Å²) >= 11 is 0. The summed E-state index contributed by atoms with van der Waals surface area (Å²) in [5.74, 6) is -0.0379. The normalized spacial score (nSPS) is 25.4. The van der Waals surface area contributed by atoms with Gasteiger partial charge in [0.25, 0.3) is 0 Å². The molecule has 106 valence electrons. The SMILES string of the molecule is COCCNC(=O)C(C)N(C)CC1(O)CCNC1. The van der Waals surface area contributed by atoms with Gasteiger partial charge in [-0.25, -0.2) is 0 Å². The molecule has 0 bridgehead atoms. The highest BCUT2D eigenvalue weighted by Crippen LogP contribution is 2.16. The van der Waals surface area contributed by atoms with Crippen molar-refractivity contribution in [3.8, 4) is 0 Å². The Bertz CT molecular complexity index is 267. The van der Waals surface area contributed by atoms with E-state index in [1.165, 1.54) is 0 Å². The van der Waals surface area contributed by atoms with Crippen LogP contribution in [-0.4, -0.2) is 74.5 Å². The fourth-order valence-corrected chi connectivity index (χ4v) is 2.09. The molecule has 0 spiro atoms. The van der Waals surface area contributed by atoms with E-state index in [4.69, 9.17) is 4.74 Å². The van der Waals surface area contributed by atoms with Crippen LogP contribution in [-0.2, 0) is 9.53 Å². The van der Waals surface area contributed by atoms with Gasteiger partial charge in [0.05, 0.1) is 18.2 Å². The lowest BCUT2D eigenvalue weighted by molar-refractivity contribution is -0.126. The third-order valence-electron chi connectivity index (χ3n) is 3.41. The summed E-state index contributed by atoms with van der Waals surface area (Å²) in [4.78, 5) is 13.7. The molecule has 0 radical (unpaired) electrons. The number of hydrogen-bond acceptors (Lipinski definition) is 5. The Hall–Kier alpha value is -0.690. The number of nitrogens with one attached hydrogen (secondary N) is 2. The molecule has 1 rings (SSSR count). The van der Waals surface area contributed by atoms with Gasteiger partial charge >= 0.3 is 0 Å². The maximum atomic E-state index is 11.8. The van der Waals surface area contributed by atoms with Crippen LogP contribution in [0.25, 0.3) is 0 Å². The van der Waals surface area contributed by atoms with Crippen molar-refractivity contribution >= 4 is 5.91 Å². The van der Waals surface area contributed by atoms with Crippen LogP contribution in [0.1, 0.15) is 13.3 Å². The van der Waals surface area contributed by atoms with Crippen LogP contribution in [0.4, 0.5) is 0 Å². The molecule has 0 aliphatic carbocycles. The molecule has 1 heterocycles. The van der Waals surface area contributed by atoms with E-state index in [0.717, 1.165) is 13.0 Å². The van der Waals surface area contributed by atoms with E-state index in [-0.39, 0.29) is 11.9 Å². The van der Waals surface area contributed by atoms with Crippen LogP contribution in [0.15, 0.2) is 0 Å². The summed E-state index contributed by atoms with van der Waals surface area (Å²) in [6, 6.07) is -0.258. The fraction of sp³-hybridized carbons (Fsp3) is 0.917. The van der Waals surface area contributed by atoms with Gasteiger partial charge in [0.1, 0.15) is 0 Å². The second kappa shape index (κ2) is 7.04. The Labute approximate surface area is 109 Å². The van der Waals surface area contributed by atoms with Gasteiger partial charge in [-0.15, -0.1) is 0 Å². The number of aliphatic hydroxyl groups is 1. The topological polar surface area (TPSA) is 73.8 Å². The van der Waals surface area contributed by atoms with Crippen LogP contribution < -0.4 is 10.6 Å². The summed E-state index contributed by atoms with van der Waals surface area (Å²) in [5.41, 5.74) is -0.712. The second-order valence-corrected chi connectivity index (χ2v) is 5.03. The fourth-order valence-electron chi connectivity index (χ4n) is 2.09. The number of ether oxygens (including phenoxy) is 1. The minimum absolute atomic E-state index is 0.0379. The van der Waals surface area contributed by atoms with Crippen LogP contribution >= 0.6 is 0 Å². The Morgan fingerprint density at radius 3 is 2.94 bits per heavy atom. The number of amides is 1. The first kappa shape index (κ1) is 15.4. The molecule has 1 fully saturated rings. The van der Waals surface area contributed by atoms with Gasteiger partial charge in [0.15, 0.2) is 0 Å². The highest BCUT2D eigenvalue weighted by molar-refractivity contribution is 5.81. The van der Waals surface area contributed by atoms with Crippen LogP contribution in [0.5, 0.6) is 0 Å². The average molecular weight is 259 g/mol. The minimum Gasteiger partial charge on any atom is -0.387 e. The Kier molecular flexibility index (Phi) is 6.01. The molecular weight excluding hydrogens is 234 g/mol. The molecule has 1 amide bonds. The van der Waals surface area contributed by atoms with Gasteiger partial charge in [-0.3, -0.25) is 9.69 Å². The molecule has 0 aromatic rings. The van der Waals surface area contributed by atoms with E-state index in [1.54, 1.807) is 7.11 Å². The number of hydrogen-bond donors (Lipinski definition) is 3. The highest BCUT2D eigenvalue weighted by atomic mass is 16.5. The molecule has 2 atom stereocenters. The summed E-state index contributed by atoms with van der Waals surface area (Å²) in [6.45, 7) is 4.79. The van der Waals surface area contributed by atoms with Gasteiger partial charge in [0, 0.05) is 26.7 Å². The average Bonchev–Trinajstić information content (AvgIpc) is 2.74. The van der Waals surface area contributed by atoms with E-state index in [9.17, 15) is 9.90 Å². The number of β-amino-alcohol motifs (C(OH)–C–C–N with tert-alkyl or cyclic N) is 1. The van der Waals surface area contributed by atoms with Crippen LogP contribution in [0, 0.1) is 0 Å². The molecule has 0 aromatic heterocycles. The van der Waals surface area contributed by atoms with Crippen LogP contribution in [0.3, 0.4) is 0 Å². The van der Waals surface area contributed by atoms with Crippen LogP contribution in [0.2, 0.25) is 0 Å². The second-order valence-electron chi connectivity index (χ2n) is 5.03. The predicted molar refractivity (Wildman–Crippen MR) is 69.4 cm³/mol. The van der Waals surface area contributed by atoms with Gasteiger partial charge in [-0.2, -0.15) is 0 Å². The van der Waals surface area contributed by atoms with E-state index in [2.05, 4.69) is 10.6 Å². The lowest BCUT2D eigenvalue weighted by Crippen LogP contribution is -2.51. The summed E-state index contributed by atoms with van der Waals surface area (Å²) in [5, 5.41) is 16.2. The Balaban J connectivity index is 2.35. The van der Waals surface area contributed by atoms with Gasteiger partial charge in [-0.05, 0) is 26.9 Å². The predicted octanol–water partition coefficient (Wildman–Crippen LogP) is -1.21. The standard InChI is InChI=1S/C12H25N3O3/c1-10(11(16)14-6-7-18-3)15(2)9-12(17)4-5-13-8-12/h10,13,17H,4-9H2,1-3H3,(H,14,16). The molecule has 3 N–H and O–H groups in total. The molecular formula is C12H25N3O3. The molecule has 6 nitrogen and oxygen atoms in total. The number of carbonyl (C=O) groups excluding carboxylic acids is 1. The number of likely N-dealkylation sites (N-methyl/N-ethyl adjacent to an activating group) is 1. The van der Waals surface area contributed by atoms with E-state index < -0.39 is 5.60 Å². The van der Waals surface area contributed by atoms with Gasteiger partial charge < -0.3 is 20.5 Å². The summed E-state index contributed by atoms with van der Waals surface area (Å²) < 4.78 is 4.88. The summed E-state index contributed by atoms with van der Waals surface area (Å²) in [6.07, 6.45) is 0.732. The third kappa shape index (κ3) is 4.53. The molecule has 6 heteroatoms.